The first-order valence-corrected chi connectivity index (χ1v) is 9.02. The van der Waals surface area contributed by atoms with Crippen LogP contribution in [0.4, 0.5) is 5.69 Å². The summed E-state index contributed by atoms with van der Waals surface area (Å²) in [6.07, 6.45) is 0. The van der Waals surface area contributed by atoms with Gasteiger partial charge in [-0.2, -0.15) is 0 Å². The Hall–Kier alpha value is -2.42. The molecule has 3 heteroatoms. The van der Waals surface area contributed by atoms with Crippen molar-refractivity contribution in [3.8, 4) is 11.1 Å². The molecule has 0 spiro atoms. The molecule has 25 heavy (non-hydrogen) atoms. The Balaban J connectivity index is 1.90. The molecule has 2 atom stereocenters. The number of hydrogen-bond acceptors (Lipinski definition) is 3. The minimum atomic E-state index is -0.0282. The van der Waals surface area contributed by atoms with Crippen LogP contribution in [0.25, 0.3) is 11.1 Å². The van der Waals surface area contributed by atoms with Crippen molar-refractivity contribution in [1.29, 1.82) is 0 Å². The molecule has 2 aliphatic heterocycles. The molecule has 0 radical (unpaired) electrons. The zero-order valence-corrected chi connectivity index (χ0v) is 15.6. The highest BCUT2D eigenvalue weighted by Gasteiger charge is 2.41. The molecule has 2 aromatic rings. The van der Waals surface area contributed by atoms with Crippen LogP contribution in [-0.2, 0) is 0 Å². The smallest absolute Gasteiger partial charge is 0.139 e. The van der Waals surface area contributed by atoms with E-state index in [0.717, 1.165) is 22.9 Å². The first-order chi connectivity index (χ1) is 11.9. The molecule has 0 bridgehead atoms. The minimum absolute atomic E-state index is 0.0282. The number of hydrogen-bond donors (Lipinski definition) is 0. The summed E-state index contributed by atoms with van der Waals surface area (Å²) in [6.45, 7) is 11.1. The molecule has 4 rings (SSSR count). The van der Waals surface area contributed by atoms with E-state index in [0.29, 0.717) is 6.04 Å². The van der Waals surface area contributed by atoms with E-state index in [-0.39, 0.29) is 11.5 Å². The van der Waals surface area contributed by atoms with Crippen molar-refractivity contribution < 1.29 is 0 Å². The van der Waals surface area contributed by atoms with Crippen molar-refractivity contribution in [2.45, 2.75) is 46.7 Å². The lowest BCUT2D eigenvalue weighted by atomic mass is 9.90. The number of fused-ring (bicyclic) bond motifs is 3. The van der Waals surface area contributed by atoms with Gasteiger partial charge in [0.2, 0.25) is 0 Å². The normalized spacial score (nSPS) is 22.2. The van der Waals surface area contributed by atoms with E-state index in [2.05, 4.69) is 82.0 Å². The van der Waals surface area contributed by atoms with E-state index >= 15 is 0 Å². The van der Waals surface area contributed by atoms with Gasteiger partial charge in [-0.05, 0) is 37.1 Å². The Morgan fingerprint density at radius 3 is 2.32 bits per heavy atom. The lowest BCUT2D eigenvalue weighted by Gasteiger charge is -2.38. The van der Waals surface area contributed by atoms with Gasteiger partial charge in [0.05, 0.1) is 17.8 Å². The van der Waals surface area contributed by atoms with Crippen LogP contribution in [0.3, 0.4) is 0 Å². The van der Waals surface area contributed by atoms with Crippen LogP contribution < -0.4 is 0 Å². The summed E-state index contributed by atoms with van der Waals surface area (Å²) in [5.74, 6) is 2.19. The summed E-state index contributed by atoms with van der Waals surface area (Å²) >= 11 is 0. The first kappa shape index (κ1) is 16.1. The Morgan fingerprint density at radius 1 is 0.920 bits per heavy atom. The summed E-state index contributed by atoms with van der Waals surface area (Å²) in [4.78, 5) is 12.4. The Labute approximate surface area is 150 Å². The maximum absolute atomic E-state index is 5.09. The maximum Gasteiger partial charge on any atom is 0.139 e. The molecule has 0 aliphatic carbocycles. The molecular formula is C22H25N3. The molecule has 0 aromatic heterocycles. The quantitative estimate of drug-likeness (QED) is 0.698. The monoisotopic (exact) mass is 331 g/mol. The molecule has 2 unspecified atom stereocenters. The third-order valence-electron chi connectivity index (χ3n) is 5.13. The largest absolute Gasteiger partial charge is 0.309 e. The van der Waals surface area contributed by atoms with Gasteiger partial charge < -0.3 is 4.90 Å². The van der Waals surface area contributed by atoms with E-state index in [1.54, 1.807) is 0 Å². The molecule has 3 nitrogen and oxygen atoms in total. The molecule has 2 heterocycles. The fourth-order valence-electron chi connectivity index (χ4n) is 3.58. The zero-order chi connectivity index (χ0) is 17.8. The molecule has 128 valence electrons. The molecule has 0 saturated carbocycles. The number of benzene rings is 2. The lowest BCUT2D eigenvalue weighted by Crippen LogP contribution is -2.48. The Bertz CT molecular complexity index is 872. The van der Waals surface area contributed by atoms with Crippen LogP contribution in [0.5, 0.6) is 0 Å². The Morgan fingerprint density at radius 2 is 1.64 bits per heavy atom. The van der Waals surface area contributed by atoms with Crippen molar-refractivity contribution in [3.63, 3.8) is 0 Å². The van der Waals surface area contributed by atoms with Crippen molar-refractivity contribution in [3.05, 3.63) is 54.1 Å². The molecular weight excluding hydrogens is 306 g/mol. The topological polar surface area (TPSA) is 28.0 Å². The predicted molar refractivity (Wildman–Crippen MR) is 106 cm³/mol. The number of nitrogens with zero attached hydrogens (tertiary/aromatic N) is 3. The summed E-state index contributed by atoms with van der Waals surface area (Å²) < 4.78 is 0. The second-order valence-corrected chi connectivity index (χ2v) is 8.09. The Kier molecular flexibility index (Phi) is 3.57. The zero-order valence-electron chi connectivity index (χ0n) is 15.6. The van der Waals surface area contributed by atoms with E-state index in [4.69, 9.17) is 9.98 Å². The summed E-state index contributed by atoms with van der Waals surface area (Å²) in [7, 11) is 0. The van der Waals surface area contributed by atoms with Gasteiger partial charge in [0, 0.05) is 11.0 Å². The lowest BCUT2D eigenvalue weighted by molar-refractivity contribution is 0.405. The SMILES string of the molecule is CC1N=C2c3ccc(-c4ccccc4)cc3N=C(C(C)(C)C)N2C1C. The average Bonchev–Trinajstić information content (AvgIpc) is 2.89. The summed E-state index contributed by atoms with van der Waals surface area (Å²) in [6, 6.07) is 17.7. The van der Waals surface area contributed by atoms with Gasteiger partial charge in [0.15, 0.2) is 0 Å². The average molecular weight is 331 g/mol. The maximum atomic E-state index is 5.09. The van der Waals surface area contributed by atoms with Crippen LogP contribution in [0.15, 0.2) is 58.5 Å². The van der Waals surface area contributed by atoms with Crippen LogP contribution in [0.2, 0.25) is 0 Å². The van der Waals surface area contributed by atoms with Crippen LogP contribution in [0, 0.1) is 5.41 Å². The molecule has 2 aliphatic rings. The fraction of sp³-hybridized carbons (Fsp3) is 0.364. The number of amidine groups is 2. The van der Waals surface area contributed by atoms with Gasteiger partial charge in [-0.15, -0.1) is 0 Å². The second-order valence-electron chi connectivity index (χ2n) is 8.09. The molecule has 0 N–H and O–H groups in total. The summed E-state index contributed by atoms with van der Waals surface area (Å²) in [5.41, 5.74) is 4.56. The molecule has 0 saturated heterocycles. The van der Waals surface area contributed by atoms with Crippen LogP contribution in [0.1, 0.15) is 40.2 Å². The van der Waals surface area contributed by atoms with E-state index in [9.17, 15) is 0 Å². The standard InChI is InChI=1S/C22H25N3/c1-14-15(2)25-20(23-14)18-12-11-17(16-9-7-6-8-10-16)13-19(18)24-21(25)22(3,4)5/h6-15H,1-5H3. The van der Waals surface area contributed by atoms with E-state index in [1.165, 1.54) is 11.1 Å². The van der Waals surface area contributed by atoms with Crippen molar-refractivity contribution >= 4 is 17.4 Å². The molecule has 0 amide bonds. The van der Waals surface area contributed by atoms with E-state index in [1.807, 2.05) is 6.07 Å². The summed E-state index contributed by atoms with van der Waals surface area (Å²) in [5, 5.41) is 0. The van der Waals surface area contributed by atoms with Gasteiger partial charge in [0.25, 0.3) is 0 Å². The van der Waals surface area contributed by atoms with E-state index < -0.39 is 0 Å². The third-order valence-corrected chi connectivity index (χ3v) is 5.13. The minimum Gasteiger partial charge on any atom is -0.309 e. The van der Waals surface area contributed by atoms with Gasteiger partial charge in [-0.1, -0.05) is 57.2 Å². The number of aliphatic imine (C=N–C) groups is 2. The van der Waals surface area contributed by atoms with Gasteiger partial charge >= 0.3 is 0 Å². The predicted octanol–water partition coefficient (Wildman–Crippen LogP) is 5.28. The number of rotatable bonds is 1. The van der Waals surface area contributed by atoms with Crippen molar-refractivity contribution in [2.24, 2.45) is 15.4 Å². The third kappa shape index (κ3) is 2.58. The highest BCUT2D eigenvalue weighted by molar-refractivity contribution is 6.18. The second kappa shape index (κ2) is 5.55. The van der Waals surface area contributed by atoms with Gasteiger partial charge in [-0.3, -0.25) is 4.99 Å². The first-order valence-electron chi connectivity index (χ1n) is 9.02. The van der Waals surface area contributed by atoms with Gasteiger partial charge in [0.1, 0.15) is 11.7 Å². The highest BCUT2D eigenvalue weighted by atomic mass is 15.3. The van der Waals surface area contributed by atoms with Crippen LogP contribution in [-0.4, -0.2) is 28.7 Å². The highest BCUT2D eigenvalue weighted by Crippen LogP contribution is 2.39. The molecule has 2 aromatic carbocycles. The van der Waals surface area contributed by atoms with Gasteiger partial charge in [-0.25, -0.2) is 4.99 Å². The molecule has 0 fully saturated rings. The van der Waals surface area contributed by atoms with Crippen molar-refractivity contribution in [1.82, 2.24) is 4.90 Å². The fourth-order valence-corrected chi connectivity index (χ4v) is 3.58. The van der Waals surface area contributed by atoms with Crippen LogP contribution >= 0.6 is 0 Å². The van der Waals surface area contributed by atoms with Crippen molar-refractivity contribution in [2.75, 3.05) is 0 Å².